The average molecular weight is 542 g/mol. The van der Waals surface area contributed by atoms with Gasteiger partial charge in [0.1, 0.15) is 11.6 Å². The molecule has 7 nitrogen and oxygen atoms in total. The Morgan fingerprint density at radius 2 is 1.86 bits per heavy atom. The van der Waals surface area contributed by atoms with E-state index in [4.69, 9.17) is 9.40 Å². The standard InChI is InChI=1S/C27H28FN3O4S2/c1-18(2)23-6-3-7-24-25(23)29-27(36-24)31(17-21-5-4-16-35-21)26(32)19-12-14-30(15-13-19)37(33,34)22-10-8-20(28)9-11-22/h3-11,16,18-19H,12-15,17H2,1-2H3. The molecule has 5 rings (SSSR count). The first-order valence-corrected chi connectivity index (χ1v) is 14.5. The van der Waals surface area contributed by atoms with E-state index in [2.05, 4.69) is 19.9 Å². The minimum atomic E-state index is -3.76. The van der Waals surface area contributed by atoms with Gasteiger partial charge in [0, 0.05) is 19.0 Å². The SMILES string of the molecule is CC(C)c1cccc2sc(N(Cc3ccco3)C(=O)C3CCN(S(=O)(=O)c4ccc(F)cc4)CC3)nc12. The lowest BCUT2D eigenvalue weighted by atomic mass is 9.96. The molecule has 1 fully saturated rings. The molecule has 1 amide bonds. The van der Waals surface area contributed by atoms with Crippen LogP contribution in [-0.4, -0.2) is 36.7 Å². The maximum absolute atomic E-state index is 13.8. The Morgan fingerprint density at radius 1 is 1.14 bits per heavy atom. The molecule has 0 spiro atoms. The second kappa shape index (κ2) is 10.4. The van der Waals surface area contributed by atoms with Crippen LogP contribution in [0.15, 0.2) is 70.2 Å². The van der Waals surface area contributed by atoms with E-state index in [1.54, 1.807) is 17.2 Å². The van der Waals surface area contributed by atoms with Gasteiger partial charge in [-0.3, -0.25) is 9.69 Å². The summed E-state index contributed by atoms with van der Waals surface area (Å²) in [6.45, 7) is 4.90. The topological polar surface area (TPSA) is 83.7 Å². The molecule has 0 unspecified atom stereocenters. The van der Waals surface area contributed by atoms with Crippen LogP contribution in [0.4, 0.5) is 9.52 Å². The summed E-state index contributed by atoms with van der Waals surface area (Å²) in [5, 5.41) is 0.603. The smallest absolute Gasteiger partial charge is 0.243 e. The van der Waals surface area contributed by atoms with Gasteiger partial charge in [0.2, 0.25) is 15.9 Å². The fourth-order valence-corrected chi connectivity index (χ4v) is 7.13. The normalized spacial score (nSPS) is 15.5. The number of nitrogens with zero attached hydrogens (tertiary/aromatic N) is 3. The van der Waals surface area contributed by atoms with Crippen LogP contribution >= 0.6 is 11.3 Å². The van der Waals surface area contributed by atoms with Crippen LogP contribution in [0.25, 0.3) is 10.2 Å². The molecule has 2 aromatic heterocycles. The summed E-state index contributed by atoms with van der Waals surface area (Å²) in [7, 11) is -3.76. The molecule has 0 radical (unpaired) electrons. The fraction of sp³-hybridized carbons (Fsp3) is 0.333. The quantitative estimate of drug-likeness (QED) is 0.296. The first-order chi connectivity index (χ1) is 17.7. The number of thiazole rings is 1. The van der Waals surface area contributed by atoms with Crippen molar-refractivity contribution in [3.05, 3.63) is 78.0 Å². The van der Waals surface area contributed by atoms with Crippen LogP contribution < -0.4 is 4.90 Å². The highest BCUT2D eigenvalue weighted by molar-refractivity contribution is 7.89. The van der Waals surface area contributed by atoms with Gasteiger partial charge in [-0.2, -0.15) is 4.31 Å². The second-order valence-electron chi connectivity index (χ2n) is 9.48. The van der Waals surface area contributed by atoms with Crippen LogP contribution in [0.1, 0.15) is 43.9 Å². The lowest BCUT2D eigenvalue weighted by Gasteiger charge is -2.32. The van der Waals surface area contributed by atoms with Crippen molar-refractivity contribution >= 4 is 42.6 Å². The highest BCUT2D eigenvalue weighted by Crippen LogP contribution is 2.36. The number of para-hydroxylation sites is 1. The highest BCUT2D eigenvalue weighted by Gasteiger charge is 2.35. The molecule has 37 heavy (non-hydrogen) atoms. The molecule has 0 atom stereocenters. The Labute approximate surface area is 219 Å². The van der Waals surface area contributed by atoms with Gasteiger partial charge in [0.15, 0.2) is 5.13 Å². The third kappa shape index (κ3) is 5.18. The van der Waals surface area contributed by atoms with Crippen LogP contribution in [-0.2, 0) is 21.4 Å². The summed E-state index contributed by atoms with van der Waals surface area (Å²) in [5.41, 5.74) is 2.03. The first kappa shape index (κ1) is 25.6. The predicted octanol–water partition coefficient (Wildman–Crippen LogP) is 5.79. The Hall–Kier alpha value is -3.08. The van der Waals surface area contributed by atoms with E-state index in [-0.39, 0.29) is 36.4 Å². The second-order valence-corrected chi connectivity index (χ2v) is 12.4. The number of fused-ring (bicyclic) bond motifs is 1. The van der Waals surface area contributed by atoms with E-state index in [1.165, 1.54) is 27.8 Å². The molecule has 0 aliphatic carbocycles. The summed E-state index contributed by atoms with van der Waals surface area (Å²) in [6, 6.07) is 14.5. The van der Waals surface area contributed by atoms with Gasteiger partial charge in [-0.15, -0.1) is 0 Å². The van der Waals surface area contributed by atoms with E-state index in [9.17, 15) is 17.6 Å². The lowest BCUT2D eigenvalue weighted by Crippen LogP contribution is -2.44. The van der Waals surface area contributed by atoms with Crippen molar-refractivity contribution in [2.24, 2.45) is 5.92 Å². The molecular weight excluding hydrogens is 513 g/mol. The van der Waals surface area contributed by atoms with Gasteiger partial charge >= 0.3 is 0 Å². The summed E-state index contributed by atoms with van der Waals surface area (Å²) >= 11 is 1.47. The summed E-state index contributed by atoms with van der Waals surface area (Å²) in [5.74, 6) is -0.00451. The Kier molecular flexibility index (Phi) is 7.15. The van der Waals surface area contributed by atoms with Gasteiger partial charge in [0.25, 0.3) is 0 Å². The minimum absolute atomic E-state index is 0.0496. The first-order valence-electron chi connectivity index (χ1n) is 12.2. The number of sulfonamides is 1. The molecule has 194 valence electrons. The Bertz CT molecular complexity index is 1490. The molecule has 1 aliphatic heterocycles. The zero-order valence-electron chi connectivity index (χ0n) is 20.6. The van der Waals surface area contributed by atoms with Crippen molar-refractivity contribution in [1.29, 1.82) is 0 Å². The highest BCUT2D eigenvalue weighted by atomic mass is 32.2. The number of rotatable bonds is 7. The number of hydrogen-bond donors (Lipinski definition) is 0. The molecule has 0 N–H and O–H groups in total. The van der Waals surface area contributed by atoms with Crippen molar-refractivity contribution in [2.45, 2.75) is 44.0 Å². The Morgan fingerprint density at radius 3 is 2.51 bits per heavy atom. The van der Waals surface area contributed by atoms with Crippen molar-refractivity contribution in [1.82, 2.24) is 9.29 Å². The fourth-order valence-electron chi connectivity index (χ4n) is 4.66. The van der Waals surface area contributed by atoms with Crippen molar-refractivity contribution in [2.75, 3.05) is 18.0 Å². The summed E-state index contributed by atoms with van der Waals surface area (Å²) < 4.78 is 47.2. The summed E-state index contributed by atoms with van der Waals surface area (Å²) in [6.07, 6.45) is 2.35. The monoisotopic (exact) mass is 541 g/mol. The predicted molar refractivity (Wildman–Crippen MR) is 141 cm³/mol. The van der Waals surface area contributed by atoms with Crippen molar-refractivity contribution < 1.29 is 22.0 Å². The number of aromatic nitrogens is 1. The largest absolute Gasteiger partial charge is 0.467 e. The molecule has 2 aromatic carbocycles. The number of furan rings is 1. The lowest BCUT2D eigenvalue weighted by molar-refractivity contribution is -0.123. The molecule has 1 aliphatic rings. The van der Waals surface area contributed by atoms with Crippen molar-refractivity contribution in [3.63, 3.8) is 0 Å². The average Bonchev–Trinajstić information content (AvgIpc) is 3.56. The van der Waals surface area contributed by atoms with Crippen LogP contribution in [0, 0.1) is 11.7 Å². The molecule has 0 bridgehead atoms. The molecule has 3 heterocycles. The molecule has 0 saturated carbocycles. The van der Waals surface area contributed by atoms with E-state index in [1.807, 2.05) is 18.2 Å². The third-order valence-corrected chi connectivity index (χ3v) is 9.66. The van der Waals surface area contributed by atoms with Crippen molar-refractivity contribution in [3.8, 4) is 0 Å². The van der Waals surface area contributed by atoms with Gasteiger partial charge in [-0.1, -0.05) is 37.3 Å². The maximum atomic E-state index is 13.8. The number of carbonyl (C=O) groups is 1. The summed E-state index contributed by atoms with van der Waals surface area (Å²) in [4.78, 5) is 20.4. The van der Waals surface area contributed by atoms with E-state index in [0.717, 1.165) is 27.9 Å². The molecule has 10 heteroatoms. The van der Waals surface area contributed by atoms with Crippen LogP contribution in [0.2, 0.25) is 0 Å². The number of amides is 1. The number of benzene rings is 2. The Balaban J connectivity index is 1.38. The van der Waals surface area contributed by atoms with E-state index >= 15 is 0 Å². The van der Waals surface area contributed by atoms with Gasteiger partial charge < -0.3 is 4.42 Å². The van der Waals surface area contributed by atoms with Crippen LogP contribution in [0.5, 0.6) is 0 Å². The van der Waals surface area contributed by atoms with Gasteiger partial charge in [-0.25, -0.2) is 17.8 Å². The molecule has 4 aromatic rings. The van der Waals surface area contributed by atoms with E-state index in [0.29, 0.717) is 29.7 Å². The van der Waals surface area contributed by atoms with Crippen LogP contribution in [0.3, 0.4) is 0 Å². The zero-order chi connectivity index (χ0) is 26.2. The minimum Gasteiger partial charge on any atom is -0.467 e. The molecule has 1 saturated heterocycles. The zero-order valence-corrected chi connectivity index (χ0v) is 22.3. The van der Waals surface area contributed by atoms with Gasteiger partial charge in [0.05, 0.1) is 27.9 Å². The maximum Gasteiger partial charge on any atom is 0.243 e. The number of halogens is 1. The number of carbonyl (C=O) groups excluding carboxylic acids is 1. The third-order valence-electron chi connectivity index (χ3n) is 6.71. The number of piperidine rings is 1. The number of hydrogen-bond acceptors (Lipinski definition) is 6. The van der Waals surface area contributed by atoms with E-state index < -0.39 is 15.8 Å². The number of anilines is 1. The molecular formula is C27H28FN3O4S2. The van der Waals surface area contributed by atoms with Gasteiger partial charge in [-0.05, 0) is 66.8 Å².